The highest BCUT2D eigenvalue weighted by molar-refractivity contribution is 5.99. The Kier molecular flexibility index (Phi) is 6.61. The molecule has 37 heavy (non-hydrogen) atoms. The third-order valence-electron chi connectivity index (χ3n) is 12.1. The highest BCUT2D eigenvalue weighted by atomic mass is 16.6. The topological polar surface area (TPSA) is 104 Å². The Morgan fingerprint density at radius 1 is 0.865 bits per heavy atom. The van der Waals surface area contributed by atoms with Gasteiger partial charge in [-0.15, -0.1) is 0 Å². The number of cyclic esters (lactones) is 4. The van der Waals surface area contributed by atoms with Crippen LogP contribution in [0.5, 0.6) is 0 Å². The number of hydrogen-bond donors (Lipinski definition) is 0. The molecule has 0 N–H and O–H groups in total. The van der Waals surface area contributed by atoms with Crippen LogP contribution in [0.2, 0.25) is 0 Å². The Balaban J connectivity index is 1.73. The molecule has 2 aliphatic carbocycles. The van der Waals surface area contributed by atoms with E-state index in [1.807, 2.05) is 13.8 Å². The lowest BCUT2D eigenvalue weighted by molar-refractivity contribution is -0.191. The summed E-state index contributed by atoms with van der Waals surface area (Å²) in [7, 11) is 0. The molecule has 2 heterocycles. The number of esters is 4. The molecule has 7 heteroatoms. The molecule has 4 rings (SSSR count). The fraction of sp³-hybridized carbons (Fsp3) is 0.833. The molecule has 0 radical (unpaired) electrons. The maximum atomic E-state index is 15.1. The molecule has 0 bridgehead atoms. The molecule has 0 aromatic heterocycles. The molecular formula is C30H44O7. The van der Waals surface area contributed by atoms with Crippen molar-refractivity contribution in [3.05, 3.63) is 0 Å². The van der Waals surface area contributed by atoms with Crippen molar-refractivity contribution in [3.63, 3.8) is 0 Å². The Labute approximate surface area is 220 Å². The van der Waals surface area contributed by atoms with E-state index in [0.717, 1.165) is 12.8 Å². The standard InChI is InChI=1S/C30H44O7/c1-10-28(7)14-27(5,6)29(8,16(3)13-15(2)20-17(4)22(31)36-24(20)33)26(35)30(28,9)19-12-11-18-21(19)25(34)37-23(18)32/h15-21H,10-14H2,1-9H3. The predicted octanol–water partition coefficient (Wildman–Crippen LogP) is 5.14. The minimum atomic E-state index is -0.817. The van der Waals surface area contributed by atoms with Gasteiger partial charge in [0.05, 0.1) is 23.7 Å². The van der Waals surface area contributed by atoms with Crippen LogP contribution in [0, 0.1) is 63.1 Å². The molecule has 10 atom stereocenters. The van der Waals surface area contributed by atoms with Crippen molar-refractivity contribution in [2.75, 3.05) is 0 Å². The number of ketones is 1. The van der Waals surface area contributed by atoms with E-state index >= 15 is 4.79 Å². The van der Waals surface area contributed by atoms with E-state index in [2.05, 4.69) is 41.5 Å². The van der Waals surface area contributed by atoms with Gasteiger partial charge in [-0.1, -0.05) is 62.3 Å². The van der Waals surface area contributed by atoms with Crippen molar-refractivity contribution in [2.24, 2.45) is 63.1 Å². The summed E-state index contributed by atoms with van der Waals surface area (Å²) >= 11 is 0. The average Bonchev–Trinajstić information content (AvgIpc) is 3.45. The maximum absolute atomic E-state index is 15.1. The van der Waals surface area contributed by atoms with Crippen LogP contribution in [0.3, 0.4) is 0 Å². The number of hydrogen-bond acceptors (Lipinski definition) is 7. The fourth-order valence-electron chi connectivity index (χ4n) is 9.22. The van der Waals surface area contributed by atoms with E-state index in [1.165, 1.54) is 0 Å². The predicted molar refractivity (Wildman–Crippen MR) is 136 cm³/mol. The normalized spacial score (nSPS) is 45.0. The maximum Gasteiger partial charge on any atom is 0.317 e. The lowest BCUT2D eigenvalue weighted by Crippen LogP contribution is -2.66. The molecule has 2 saturated carbocycles. The van der Waals surface area contributed by atoms with Crippen LogP contribution in [-0.2, 0) is 33.4 Å². The lowest BCUT2D eigenvalue weighted by Gasteiger charge is -2.65. The second-order valence-corrected chi connectivity index (χ2v) is 13.9. The van der Waals surface area contributed by atoms with Gasteiger partial charge in [0, 0.05) is 10.8 Å². The third-order valence-corrected chi connectivity index (χ3v) is 12.1. The van der Waals surface area contributed by atoms with Crippen LogP contribution in [0.4, 0.5) is 0 Å². The zero-order chi connectivity index (χ0) is 27.9. The van der Waals surface area contributed by atoms with Crippen LogP contribution >= 0.6 is 0 Å². The van der Waals surface area contributed by atoms with E-state index in [4.69, 9.17) is 9.47 Å². The van der Waals surface area contributed by atoms with E-state index in [0.29, 0.717) is 19.3 Å². The molecule has 7 nitrogen and oxygen atoms in total. The van der Waals surface area contributed by atoms with Crippen molar-refractivity contribution < 1.29 is 33.4 Å². The Morgan fingerprint density at radius 3 is 2.00 bits per heavy atom. The molecule has 206 valence electrons. The number of fused-ring (bicyclic) bond motifs is 1. The summed E-state index contributed by atoms with van der Waals surface area (Å²) in [6, 6.07) is 0. The van der Waals surface area contributed by atoms with Gasteiger partial charge in [0.25, 0.3) is 0 Å². The second kappa shape index (κ2) is 8.74. The van der Waals surface area contributed by atoms with Crippen molar-refractivity contribution in [3.8, 4) is 0 Å². The lowest BCUT2D eigenvalue weighted by atomic mass is 9.37. The molecule has 0 amide bonds. The van der Waals surface area contributed by atoms with Crippen LogP contribution in [0.15, 0.2) is 0 Å². The van der Waals surface area contributed by atoms with Gasteiger partial charge in [0.1, 0.15) is 5.78 Å². The largest absolute Gasteiger partial charge is 0.393 e. The van der Waals surface area contributed by atoms with E-state index < -0.39 is 58.4 Å². The molecule has 2 saturated heterocycles. The smallest absolute Gasteiger partial charge is 0.317 e. The molecule has 4 aliphatic rings. The number of carbonyl (C=O) groups is 5. The SMILES string of the molecule is CCC1(C)CC(C)(C)C(C)(C(C)CC(C)C2C(=O)OC(=O)C2C)C(=O)C1(C)C1CCC2C(=O)OC(=O)C21. The molecule has 0 spiro atoms. The van der Waals surface area contributed by atoms with Crippen molar-refractivity contribution in [1.82, 2.24) is 0 Å². The van der Waals surface area contributed by atoms with Crippen LogP contribution < -0.4 is 0 Å². The number of rotatable bonds is 6. The van der Waals surface area contributed by atoms with E-state index in [-0.39, 0.29) is 34.4 Å². The molecular weight excluding hydrogens is 472 g/mol. The van der Waals surface area contributed by atoms with Crippen molar-refractivity contribution in [1.29, 1.82) is 0 Å². The highest BCUT2D eigenvalue weighted by Crippen LogP contribution is 2.70. The highest BCUT2D eigenvalue weighted by Gasteiger charge is 2.71. The Morgan fingerprint density at radius 2 is 1.46 bits per heavy atom. The number of carbonyl (C=O) groups excluding carboxylic acids is 5. The van der Waals surface area contributed by atoms with Crippen molar-refractivity contribution in [2.45, 2.75) is 94.4 Å². The first kappa shape index (κ1) is 28.0. The van der Waals surface area contributed by atoms with Gasteiger partial charge in [-0.25, -0.2) is 0 Å². The summed E-state index contributed by atoms with van der Waals surface area (Å²) in [5, 5.41) is 0. The van der Waals surface area contributed by atoms with Gasteiger partial charge in [0.15, 0.2) is 0 Å². The van der Waals surface area contributed by atoms with Crippen LogP contribution in [0.1, 0.15) is 94.4 Å². The summed E-state index contributed by atoms with van der Waals surface area (Å²) in [6.07, 6.45) is 3.40. The van der Waals surface area contributed by atoms with Gasteiger partial charge in [-0.2, -0.15) is 0 Å². The fourth-order valence-corrected chi connectivity index (χ4v) is 9.22. The van der Waals surface area contributed by atoms with Gasteiger partial charge < -0.3 is 9.47 Å². The minimum absolute atomic E-state index is 0.0872. The van der Waals surface area contributed by atoms with Crippen LogP contribution in [-0.4, -0.2) is 29.7 Å². The van der Waals surface area contributed by atoms with Gasteiger partial charge in [-0.05, 0) is 60.7 Å². The quantitative estimate of drug-likeness (QED) is 0.356. The minimum Gasteiger partial charge on any atom is -0.393 e. The third kappa shape index (κ3) is 3.61. The van der Waals surface area contributed by atoms with Crippen molar-refractivity contribution >= 4 is 29.7 Å². The van der Waals surface area contributed by atoms with Gasteiger partial charge in [-0.3, -0.25) is 24.0 Å². The zero-order valence-electron chi connectivity index (χ0n) is 23.9. The summed E-state index contributed by atoms with van der Waals surface area (Å²) in [6.45, 7) is 18.5. The molecule has 0 aromatic carbocycles. The first-order valence-electron chi connectivity index (χ1n) is 14.0. The van der Waals surface area contributed by atoms with E-state index in [1.54, 1.807) is 6.92 Å². The Bertz CT molecular complexity index is 1040. The molecule has 0 aromatic rings. The second-order valence-electron chi connectivity index (χ2n) is 13.9. The average molecular weight is 517 g/mol. The summed E-state index contributed by atoms with van der Waals surface area (Å²) in [4.78, 5) is 64.8. The molecule has 4 fully saturated rings. The molecule has 2 aliphatic heterocycles. The first-order chi connectivity index (χ1) is 17.0. The van der Waals surface area contributed by atoms with Gasteiger partial charge in [0.2, 0.25) is 0 Å². The molecule has 10 unspecified atom stereocenters. The van der Waals surface area contributed by atoms with Gasteiger partial charge >= 0.3 is 23.9 Å². The summed E-state index contributed by atoms with van der Waals surface area (Å²) < 4.78 is 9.96. The van der Waals surface area contributed by atoms with Crippen LogP contribution in [0.25, 0.3) is 0 Å². The number of Topliss-reactive ketones (excluding diaryl/α,β-unsaturated/α-hetero) is 1. The number of ether oxygens (including phenoxy) is 2. The Hall–Kier alpha value is -2.05. The van der Waals surface area contributed by atoms with E-state index in [9.17, 15) is 19.2 Å². The summed E-state index contributed by atoms with van der Waals surface area (Å²) in [5.41, 5.74) is -2.28. The zero-order valence-corrected chi connectivity index (χ0v) is 23.9. The monoisotopic (exact) mass is 516 g/mol. The summed E-state index contributed by atoms with van der Waals surface area (Å²) in [5.74, 6) is -4.21. The first-order valence-corrected chi connectivity index (χ1v) is 14.0.